The van der Waals surface area contributed by atoms with Crippen LogP contribution in [-0.2, 0) is 19.4 Å². The number of ether oxygens (including phenoxy) is 1. The van der Waals surface area contributed by atoms with Gasteiger partial charge in [-0.2, -0.15) is 0 Å². The summed E-state index contributed by atoms with van der Waals surface area (Å²) in [4.78, 5) is 0. The first-order chi connectivity index (χ1) is 11.6. The number of rotatable bonds is 9. The Hall–Kier alpha value is -1.76. The summed E-state index contributed by atoms with van der Waals surface area (Å²) in [6.07, 6.45) is 4.81. The Balaban J connectivity index is 1.85. The van der Waals surface area contributed by atoms with Crippen molar-refractivity contribution in [2.24, 2.45) is 11.8 Å². The fourth-order valence-electron chi connectivity index (χ4n) is 3.04. The number of hydrogen-bond acceptors (Lipinski definition) is 1. The van der Waals surface area contributed by atoms with E-state index in [0.717, 1.165) is 18.1 Å². The minimum atomic E-state index is 0.633. The van der Waals surface area contributed by atoms with Gasteiger partial charge < -0.3 is 4.74 Å². The molecule has 1 heteroatoms. The van der Waals surface area contributed by atoms with Gasteiger partial charge in [0.05, 0.1) is 0 Å². The molecule has 0 aliphatic carbocycles. The van der Waals surface area contributed by atoms with E-state index in [1.54, 1.807) is 0 Å². The van der Waals surface area contributed by atoms with Crippen LogP contribution in [0.25, 0.3) is 0 Å². The maximum atomic E-state index is 5.93. The fourth-order valence-corrected chi connectivity index (χ4v) is 3.04. The minimum absolute atomic E-state index is 0.633. The summed E-state index contributed by atoms with van der Waals surface area (Å²) in [6.45, 7) is 9.69. The van der Waals surface area contributed by atoms with Crippen LogP contribution in [0.5, 0.6) is 5.75 Å². The van der Waals surface area contributed by atoms with Crippen molar-refractivity contribution < 1.29 is 4.74 Å². The third-order valence-corrected chi connectivity index (χ3v) is 4.67. The Morgan fingerprint density at radius 3 is 1.75 bits per heavy atom. The van der Waals surface area contributed by atoms with Crippen LogP contribution in [0.1, 0.15) is 57.2 Å². The zero-order valence-corrected chi connectivity index (χ0v) is 15.7. The summed E-state index contributed by atoms with van der Waals surface area (Å²) in [7, 11) is 0. The highest BCUT2D eigenvalue weighted by Gasteiger charge is 2.05. The Kier molecular flexibility index (Phi) is 7.36. The molecule has 0 spiro atoms. The summed E-state index contributed by atoms with van der Waals surface area (Å²) in [6, 6.07) is 17.4. The molecule has 0 saturated heterocycles. The zero-order chi connectivity index (χ0) is 17.4. The average molecular weight is 325 g/mol. The molecule has 0 aliphatic rings. The van der Waals surface area contributed by atoms with Crippen molar-refractivity contribution in [2.75, 3.05) is 0 Å². The zero-order valence-electron chi connectivity index (χ0n) is 15.7. The lowest BCUT2D eigenvalue weighted by atomic mass is 9.95. The highest BCUT2D eigenvalue weighted by atomic mass is 16.5. The van der Waals surface area contributed by atoms with Crippen LogP contribution in [0.15, 0.2) is 48.5 Å². The predicted molar refractivity (Wildman–Crippen MR) is 104 cm³/mol. The molecule has 0 heterocycles. The standard InChI is InChI=1S/C23H32O/c1-5-19(6-2)16-21-11-13-23(14-12-21)24-17-22-9-7-20(8-10-22)15-18(3)4/h7-14,18-19H,5-6,15-17H2,1-4H3. The highest BCUT2D eigenvalue weighted by molar-refractivity contribution is 5.28. The molecule has 130 valence electrons. The van der Waals surface area contributed by atoms with E-state index in [1.165, 1.54) is 36.0 Å². The van der Waals surface area contributed by atoms with Crippen LogP contribution in [0.2, 0.25) is 0 Å². The van der Waals surface area contributed by atoms with Gasteiger partial charge in [0.1, 0.15) is 12.4 Å². The molecular weight excluding hydrogens is 292 g/mol. The topological polar surface area (TPSA) is 9.23 Å². The molecule has 2 aromatic rings. The Morgan fingerprint density at radius 2 is 1.21 bits per heavy atom. The summed E-state index contributed by atoms with van der Waals surface area (Å²) >= 11 is 0. The van der Waals surface area contributed by atoms with Crippen LogP contribution in [-0.4, -0.2) is 0 Å². The first-order valence-corrected chi connectivity index (χ1v) is 9.40. The van der Waals surface area contributed by atoms with Crippen molar-refractivity contribution in [1.29, 1.82) is 0 Å². The molecule has 0 atom stereocenters. The van der Waals surface area contributed by atoms with Gasteiger partial charge in [0.2, 0.25) is 0 Å². The first kappa shape index (κ1) is 18.6. The van der Waals surface area contributed by atoms with Crippen LogP contribution in [0.4, 0.5) is 0 Å². The molecule has 24 heavy (non-hydrogen) atoms. The first-order valence-electron chi connectivity index (χ1n) is 9.40. The van der Waals surface area contributed by atoms with Gasteiger partial charge in [-0.05, 0) is 53.5 Å². The SMILES string of the molecule is CCC(CC)Cc1ccc(OCc2ccc(CC(C)C)cc2)cc1. The second-order valence-electron chi connectivity index (χ2n) is 7.23. The molecular formula is C23H32O. The van der Waals surface area contributed by atoms with E-state index in [-0.39, 0.29) is 0 Å². The monoisotopic (exact) mass is 324 g/mol. The summed E-state index contributed by atoms with van der Waals surface area (Å²) in [5.41, 5.74) is 4.04. The molecule has 0 saturated carbocycles. The van der Waals surface area contributed by atoms with E-state index in [0.29, 0.717) is 12.5 Å². The van der Waals surface area contributed by atoms with Gasteiger partial charge in [0.25, 0.3) is 0 Å². The molecule has 0 unspecified atom stereocenters. The molecule has 2 rings (SSSR count). The maximum absolute atomic E-state index is 5.93. The van der Waals surface area contributed by atoms with Gasteiger partial charge in [-0.25, -0.2) is 0 Å². The molecule has 0 fully saturated rings. The molecule has 2 aromatic carbocycles. The third-order valence-electron chi connectivity index (χ3n) is 4.67. The van der Waals surface area contributed by atoms with Crippen LogP contribution < -0.4 is 4.74 Å². The summed E-state index contributed by atoms with van der Waals surface area (Å²) < 4.78 is 5.93. The summed E-state index contributed by atoms with van der Waals surface area (Å²) in [5.74, 6) is 2.45. The second-order valence-corrected chi connectivity index (χ2v) is 7.23. The molecule has 0 aromatic heterocycles. The van der Waals surface area contributed by atoms with E-state index in [1.807, 2.05) is 0 Å². The molecule has 0 aliphatic heterocycles. The quantitative estimate of drug-likeness (QED) is 0.515. The van der Waals surface area contributed by atoms with Crippen molar-refractivity contribution in [2.45, 2.75) is 60.0 Å². The smallest absolute Gasteiger partial charge is 0.119 e. The molecule has 0 bridgehead atoms. The highest BCUT2D eigenvalue weighted by Crippen LogP contribution is 2.19. The molecule has 0 amide bonds. The number of hydrogen-bond donors (Lipinski definition) is 0. The van der Waals surface area contributed by atoms with E-state index >= 15 is 0 Å². The van der Waals surface area contributed by atoms with Gasteiger partial charge in [-0.3, -0.25) is 0 Å². The average Bonchev–Trinajstić information content (AvgIpc) is 2.59. The van der Waals surface area contributed by atoms with Crippen LogP contribution in [0.3, 0.4) is 0 Å². The Labute approximate surface area is 148 Å². The normalized spacial score (nSPS) is 11.2. The lowest BCUT2D eigenvalue weighted by molar-refractivity contribution is 0.306. The largest absolute Gasteiger partial charge is 0.489 e. The van der Waals surface area contributed by atoms with E-state index in [9.17, 15) is 0 Å². The van der Waals surface area contributed by atoms with E-state index in [4.69, 9.17) is 4.74 Å². The lowest BCUT2D eigenvalue weighted by Gasteiger charge is -2.13. The van der Waals surface area contributed by atoms with Crippen LogP contribution >= 0.6 is 0 Å². The third kappa shape index (κ3) is 6.03. The van der Waals surface area contributed by atoms with Gasteiger partial charge >= 0.3 is 0 Å². The predicted octanol–water partition coefficient (Wildman–Crippen LogP) is 6.44. The van der Waals surface area contributed by atoms with E-state index in [2.05, 4.69) is 76.2 Å². The van der Waals surface area contributed by atoms with Gasteiger partial charge in [-0.15, -0.1) is 0 Å². The molecule has 1 nitrogen and oxygen atoms in total. The van der Waals surface area contributed by atoms with Crippen molar-refractivity contribution in [3.63, 3.8) is 0 Å². The van der Waals surface area contributed by atoms with Crippen molar-refractivity contribution in [3.8, 4) is 5.75 Å². The molecule has 0 radical (unpaired) electrons. The number of benzene rings is 2. The van der Waals surface area contributed by atoms with Gasteiger partial charge in [0, 0.05) is 0 Å². The lowest BCUT2D eigenvalue weighted by Crippen LogP contribution is -2.01. The van der Waals surface area contributed by atoms with Gasteiger partial charge in [0.15, 0.2) is 0 Å². The maximum Gasteiger partial charge on any atom is 0.119 e. The van der Waals surface area contributed by atoms with Crippen molar-refractivity contribution >= 4 is 0 Å². The second kappa shape index (κ2) is 9.52. The van der Waals surface area contributed by atoms with Crippen molar-refractivity contribution in [3.05, 3.63) is 65.2 Å². The van der Waals surface area contributed by atoms with E-state index < -0.39 is 0 Å². The molecule has 0 N–H and O–H groups in total. The Bertz CT molecular complexity index is 576. The minimum Gasteiger partial charge on any atom is -0.489 e. The summed E-state index contributed by atoms with van der Waals surface area (Å²) in [5, 5.41) is 0. The van der Waals surface area contributed by atoms with Crippen LogP contribution in [0, 0.1) is 11.8 Å². The van der Waals surface area contributed by atoms with Gasteiger partial charge in [-0.1, -0.05) is 76.9 Å². The van der Waals surface area contributed by atoms with Crippen molar-refractivity contribution in [1.82, 2.24) is 0 Å². The Morgan fingerprint density at radius 1 is 0.708 bits per heavy atom. The fraction of sp³-hybridized carbons (Fsp3) is 0.478.